The van der Waals surface area contributed by atoms with Crippen LogP contribution in [0.15, 0.2) is 29.3 Å². The number of hydrogen-bond donors (Lipinski definition) is 0. The first-order chi connectivity index (χ1) is 11.8. The van der Waals surface area contributed by atoms with Gasteiger partial charge in [0.1, 0.15) is 6.42 Å². The molecule has 7 nitrogen and oxygen atoms in total. The van der Waals surface area contributed by atoms with Crippen LogP contribution < -0.4 is 9.80 Å². The molecule has 132 valence electrons. The molecule has 1 aromatic carbocycles. The number of aliphatic imine (C=N–C) groups is 1. The number of hydrogen-bond acceptors (Lipinski definition) is 6. The number of anilines is 2. The van der Waals surface area contributed by atoms with Gasteiger partial charge in [0.15, 0.2) is 15.0 Å². The molecule has 0 aromatic heterocycles. The summed E-state index contributed by atoms with van der Waals surface area (Å²) in [5, 5.41) is 8.99. The highest BCUT2D eigenvalue weighted by molar-refractivity contribution is 8.16. The van der Waals surface area contributed by atoms with Gasteiger partial charge < -0.3 is 9.80 Å². The fourth-order valence-corrected chi connectivity index (χ4v) is 6.92. The Kier molecular flexibility index (Phi) is 4.75. The topological polar surface area (TPSA) is 93.8 Å². The highest BCUT2D eigenvalue weighted by Gasteiger charge is 2.49. The number of benzene rings is 1. The van der Waals surface area contributed by atoms with Crippen molar-refractivity contribution in [1.29, 1.82) is 5.26 Å². The molecule has 0 unspecified atom stereocenters. The van der Waals surface area contributed by atoms with Crippen molar-refractivity contribution in [3.63, 3.8) is 0 Å². The van der Waals surface area contributed by atoms with Crippen LogP contribution in [-0.2, 0) is 14.6 Å². The molecule has 0 radical (unpaired) electrons. The van der Waals surface area contributed by atoms with Gasteiger partial charge in [-0.1, -0.05) is 11.8 Å². The van der Waals surface area contributed by atoms with Crippen molar-refractivity contribution in [1.82, 2.24) is 0 Å². The Bertz CT molecular complexity index is 856. The maximum atomic E-state index is 12.0. The summed E-state index contributed by atoms with van der Waals surface area (Å²) in [5.74, 6) is -0.381. The molecule has 0 N–H and O–H groups in total. The van der Waals surface area contributed by atoms with Gasteiger partial charge in [0.25, 0.3) is 5.91 Å². The standard InChI is InChI=1S/C16H18N4O3S2/c1-19(2)11-3-5-12(6-4-11)20-13-9-25(22,23)10-14(13)24-16(20)18-15(21)7-8-17/h3-6,13-14H,7,9-10H2,1-2H3/t13-,14+/m1/s1. The Morgan fingerprint density at radius 3 is 2.64 bits per heavy atom. The predicted molar refractivity (Wildman–Crippen MR) is 99.7 cm³/mol. The molecule has 9 heteroatoms. The van der Waals surface area contributed by atoms with E-state index in [0.717, 1.165) is 11.4 Å². The summed E-state index contributed by atoms with van der Waals surface area (Å²) in [6, 6.07) is 9.22. The van der Waals surface area contributed by atoms with Gasteiger partial charge in [-0.2, -0.15) is 10.3 Å². The Balaban J connectivity index is 1.97. The molecule has 2 fully saturated rings. The molecule has 3 rings (SSSR count). The van der Waals surface area contributed by atoms with E-state index in [1.54, 1.807) is 6.07 Å². The average Bonchev–Trinajstić information content (AvgIpc) is 2.98. The van der Waals surface area contributed by atoms with Crippen LogP contribution in [0.5, 0.6) is 0 Å². The molecule has 2 saturated heterocycles. The maximum absolute atomic E-state index is 12.0. The average molecular weight is 378 g/mol. The highest BCUT2D eigenvalue weighted by Crippen LogP contribution is 2.41. The fourth-order valence-electron chi connectivity index (χ4n) is 2.99. The predicted octanol–water partition coefficient (Wildman–Crippen LogP) is 1.27. The zero-order valence-electron chi connectivity index (χ0n) is 13.9. The summed E-state index contributed by atoms with van der Waals surface area (Å²) in [4.78, 5) is 19.6. The molecule has 25 heavy (non-hydrogen) atoms. The zero-order chi connectivity index (χ0) is 18.2. The van der Waals surface area contributed by atoms with E-state index in [0.29, 0.717) is 5.17 Å². The number of rotatable bonds is 3. The van der Waals surface area contributed by atoms with Crippen LogP contribution in [0.1, 0.15) is 6.42 Å². The lowest BCUT2D eigenvalue weighted by Gasteiger charge is -2.25. The van der Waals surface area contributed by atoms with E-state index >= 15 is 0 Å². The van der Waals surface area contributed by atoms with Crippen molar-refractivity contribution < 1.29 is 13.2 Å². The van der Waals surface area contributed by atoms with Gasteiger partial charge in [0.2, 0.25) is 0 Å². The monoisotopic (exact) mass is 378 g/mol. The minimum atomic E-state index is -3.09. The van der Waals surface area contributed by atoms with E-state index < -0.39 is 15.7 Å². The van der Waals surface area contributed by atoms with Crippen molar-refractivity contribution >= 4 is 44.0 Å². The Labute approximate surface area is 151 Å². The summed E-state index contributed by atoms with van der Waals surface area (Å²) >= 11 is 1.31. The fraction of sp³-hybridized carbons (Fsp3) is 0.438. The second-order valence-corrected chi connectivity index (χ2v) is 9.56. The van der Waals surface area contributed by atoms with E-state index in [1.165, 1.54) is 11.8 Å². The number of fused-ring (bicyclic) bond motifs is 1. The van der Waals surface area contributed by atoms with Gasteiger partial charge in [-0.15, -0.1) is 0 Å². The number of amidine groups is 1. The lowest BCUT2D eigenvalue weighted by molar-refractivity contribution is -0.116. The van der Waals surface area contributed by atoms with Crippen LogP contribution in [0.4, 0.5) is 11.4 Å². The van der Waals surface area contributed by atoms with Crippen LogP contribution in [0.2, 0.25) is 0 Å². The van der Waals surface area contributed by atoms with Crippen molar-refractivity contribution in [3.05, 3.63) is 24.3 Å². The number of carbonyl (C=O) groups is 1. The molecule has 2 aliphatic rings. The first kappa shape index (κ1) is 17.8. The van der Waals surface area contributed by atoms with Crippen molar-refractivity contribution in [2.24, 2.45) is 4.99 Å². The molecule has 2 aliphatic heterocycles. The first-order valence-corrected chi connectivity index (χ1v) is 10.4. The van der Waals surface area contributed by atoms with Crippen LogP contribution in [0.3, 0.4) is 0 Å². The van der Waals surface area contributed by atoms with E-state index in [2.05, 4.69) is 4.99 Å². The third-order valence-electron chi connectivity index (χ3n) is 4.16. The van der Waals surface area contributed by atoms with Crippen LogP contribution in [-0.4, -0.2) is 56.4 Å². The largest absolute Gasteiger partial charge is 0.378 e. The zero-order valence-corrected chi connectivity index (χ0v) is 15.5. The molecular formula is C16H18N4O3S2. The number of nitrogens with zero attached hydrogens (tertiary/aromatic N) is 4. The number of thioether (sulfide) groups is 1. The first-order valence-electron chi connectivity index (χ1n) is 7.73. The summed E-state index contributed by atoms with van der Waals surface area (Å²) in [5.41, 5.74) is 1.82. The molecule has 2 atom stereocenters. The molecule has 2 heterocycles. The maximum Gasteiger partial charge on any atom is 0.262 e. The van der Waals surface area contributed by atoms with Gasteiger partial charge in [-0.05, 0) is 24.3 Å². The van der Waals surface area contributed by atoms with Gasteiger partial charge >= 0.3 is 0 Å². The van der Waals surface area contributed by atoms with Crippen molar-refractivity contribution in [2.45, 2.75) is 17.7 Å². The molecule has 0 bridgehead atoms. The molecule has 0 spiro atoms. The molecule has 0 aliphatic carbocycles. The van der Waals surface area contributed by atoms with Crippen LogP contribution in [0, 0.1) is 11.3 Å². The number of sulfone groups is 1. The molecule has 1 aromatic rings. The van der Waals surface area contributed by atoms with Crippen LogP contribution >= 0.6 is 11.8 Å². The van der Waals surface area contributed by atoms with E-state index in [4.69, 9.17) is 5.26 Å². The summed E-state index contributed by atoms with van der Waals surface area (Å²) < 4.78 is 24.0. The van der Waals surface area contributed by atoms with Gasteiger partial charge in [-0.3, -0.25) is 4.79 Å². The van der Waals surface area contributed by atoms with E-state index in [9.17, 15) is 13.2 Å². The molecular weight excluding hydrogens is 360 g/mol. The second-order valence-electron chi connectivity index (χ2n) is 6.20. The lowest BCUT2D eigenvalue weighted by atomic mass is 10.2. The number of nitriles is 1. The smallest absolute Gasteiger partial charge is 0.262 e. The molecule has 0 saturated carbocycles. The number of carbonyl (C=O) groups excluding carboxylic acids is 1. The highest BCUT2D eigenvalue weighted by atomic mass is 32.2. The van der Waals surface area contributed by atoms with Crippen LogP contribution in [0.25, 0.3) is 0 Å². The molecule has 1 amide bonds. The van der Waals surface area contributed by atoms with Gasteiger partial charge in [-0.25, -0.2) is 8.42 Å². The van der Waals surface area contributed by atoms with Gasteiger partial charge in [0, 0.05) is 30.7 Å². The van der Waals surface area contributed by atoms with E-state index in [-0.39, 0.29) is 29.2 Å². The second kappa shape index (κ2) is 6.69. The van der Waals surface area contributed by atoms with Crippen molar-refractivity contribution in [3.8, 4) is 6.07 Å². The normalized spacial score (nSPS) is 25.6. The Morgan fingerprint density at radius 2 is 2.04 bits per heavy atom. The quantitative estimate of drug-likeness (QED) is 0.782. The lowest BCUT2D eigenvalue weighted by Crippen LogP contribution is -2.37. The number of amides is 1. The summed E-state index contributed by atoms with van der Waals surface area (Å²) in [6.45, 7) is 0. The minimum absolute atomic E-state index is 0.0472. The Morgan fingerprint density at radius 1 is 1.36 bits per heavy atom. The third-order valence-corrected chi connectivity index (χ3v) is 7.37. The Hall–Kier alpha value is -2.05. The SMILES string of the molecule is CN(C)c1ccc(N2C(=NC(=O)CC#N)S[C@H]3CS(=O)(=O)C[C@H]32)cc1. The van der Waals surface area contributed by atoms with Gasteiger partial charge in [0.05, 0.1) is 23.6 Å². The van der Waals surface area contributed by atoms with Crippen molar-refractivity contribution in [2.75, 3.05) is 35.4 Å². The minimum Gasteiger partial charge on any atom is -0.378 e. The van der Waals surface area contributed by atoms with E-state index in [1.807, 2.05) is 48.2 Å². The third kappa shape index (κ3) is 3.65. The summed E-state index contributed by atoms with van der Waals surface area (Å²) in [6.07, 6.45) is -0.287. The summed E-state index contributed by atoms with van der Waals surface area (Å²) in [7, 11) is 0.783.